The Balaban J connectivity index is 2.33. The quantitative estimate of drug-likeness (QED) is 0.679. The van der Waals surface area contributed by atoms with Crippen LogP contribution in [0, 0.1) is 0 Å². The van der Waals surface area contributed by atoms with Gasteiger partial charge >= 0.3 is 0 Å². The zero-order valence-corrected chi connectivity index (χ0v) is 7.52. The molecule has 0 aromatic carbocycles. The van der Waals surface area contributed by atoms with Crippen molar-refractivity contribution in [3.63, 3.8) is 0 Å². The summed E-state index contributed by atoms with van der Waals surface area (Å²) in [5, 5.41) is 7.90. The standard InChI is InChI=1S/C8H7ClN4/c9-5-7-1-2-8(12-11-7)13-4-3-10-6-13/h1-4,6H,5H2. The fraction of sp³-hybridized carbons (Fsp3) is 0.125. The van der Waals surface area contributed by atoms with Crippen LogP contribution in [0.5, 0.6) is 0 Å². The smallest absolute Gasteiger partial charge is 0.160 e. The minimum absolute atomic E-state index is 0.386. The number of hydrogen-bond acceptors (Lipinski definition) is 3. The van der Waals surface area contributed by atoms with Gasteiger partial charge in [0.25, 0.3) is 0 Å². The first kappa shape index (κ1) is 8.19. The molecule has 0 amide bonds. The molecular formula is C8H7ClN4. The minimum Gasteiger partial charge on any atom is -0.289 e. The first-order valence-electron chi connectivity index (χ1n) is 3.77. The van der Waals surface area contributed by atoms with Gasteiger partial charge in [-0.1, -0.05) is 0 Å². The number of halogens is 1. The molecule has 2 heterocycles. The summed E-state index contributed by atoms with van der Waals surface area (Å²) >= 11 is 5.58. The second kappa shape index (κ2) is 3.53. The van der Waals surface area contributed by atoms with Gasteiger partial charge in [-0.2, -0.15) is 5.10 Å². The number of nitrogens with zero attached hydrogens (tertiary/aromatic N) is 4. The maximum absolute atomic E-state index is 5.58. The van der Waals surface area contributed by atoms with Crippen LogP contribution in [0.2, 0.25) is 0 Å². The second-order valence-corrected chi connectivity index (χ2v) is 2.75. The van der Waals surface area contributed by atoms with Gasteiger partial charge in [0.15, 0.2) is 5.82 Å². The van der Waals surface area contributed by atoms with E-state index in [0.29, 0.717) is 5.88 Å². The molecule has 0 fully saturated rings. The van der Waals surface area contributed by atoms with E-state index in [2.05, 4.69) is 15.2 Å². The van der Waals surface area contributed by atoms with Gasteiger partial charge in [0.05, 0.1) is 11.6 Å². The van der Waals surface area contributed by atoms with Gasteiger partial charge in [-0.05, 0) is 12.1 Å². The van der Waals surface area contributed by atoms with E-state index in [9.17, 15) is 0 Å². The van der Waals surface area contributed by atoms with Crippen molar-refractivity contribution >= 4 is 11.6 Å². The molecule has 0 bridgehead atoms. The highest BCUT2D eigenvalue weighted by molar-refractivity contribution is 6.16. The third kappa shape index (κ3) is 1.67. The number of hydrogen-bond donors (Lipinski definition) is 0. The van der Waals surface area contributed by atoms with Gasteiger partial charge in [-0.3, -0.25) is 4.57 Å². The summed E-state index contributed by atoms with van der Waals surface area (Å²) in [4.78, 5) is 3.91. The van der Waals surface area contributed by atoms with Gasteiger partial charge in [0, 0.05) is 12.4 Å². The van der Waals surface area contributed by atoms with Crippen LogP contribution in [0.4, 0.5) is 0 Å². The number of aromatic nitrogens is 4. The minimum atomic E-state index is 0.386. The summed E-state index contributed by atoms with van der Waals surface area (Å²) < 4.78 is 1.78. The number of imidazole rings is 1. The lowest BCUT2D eigenvalue weighted by molar-refractivity contribution is 0.886. The van der Waals surface area contributed by atoms with Crippen molar-refractivity contribution in [2.75, 3.05) is 0 Å². The summed E-state index contributed by atoms with van der Waals surface area (Å²) in [6, 6.07) is 3.70. The maximum Gasteiger partial charge on any atom is 0.160 e. The molecule has 13 heavy (non-hydrogen) atoms. The molecule has 0 aliphatic heterocycles. The lowest BCUT2D eigenvalue weighted by Gasteiger charge is -1.99. The number of rotatable bonds is 2. The zero-order valence-electron chi connectivity index (χ0n) is 6.76. The fourth-order valence-corrected chi connectivity index (χ4v) is 1.10. The molecule has 0 spiro atoms. The molecule has 2 aromatic heterocycles. The van der Waals surface area contributed by atoms with E-state index in [1.165, 1.54) is 0 Å². The summed E-state index contributed by atoms with van der Waals surface area (Å²) in [7, 11) is 0. The zero-order chi connectivity index (χ0) is 9.10. The number of alkyl halides is 1. The van der Waals surface area contributed by atoms with Crippen LogP contribution >= 0.6 is 11.6 Å². The summed E-state index contributed by atoms with van der Waals surface area (Å²) in [5.74, 6) is 1.13. The topological polar surface area (TPSA) is 43.6 Å². The molecule has 5 heteroatoms. The van der Waals surface area contributed by atoms with Crippen molar-refractivity contribution in [2.45, 2.75) is 5.88 Å². The van der Waals surface area contributed by atoms with E-state index in [1.807, 2.05) is 18.3 Å². The summed E-state index contributed by atoms with van der Waals surface area (Å²) in [5.41, 5.74) is 0.769. The van der Waals surface area contributed by atoms with Crippen molar-refractivity contribution in [2.24, 2.45) is 0 Å². The van der Waals surface area contributed by atoms with Crippen molar-refractivity contribution in [1.29, 1.82) is 0 Å². The van der Waals surface area contributed by atoms with E-state index in [1.54, 1.807) is 17.1 Å². The predicted octanol–water partition coefficient (Wildman–Crippen LogP) is 1.40. The second-order valence-electron chi connectivity index (χ2n) is 2.49. The molecule has 66 valence electrons. The van der Waals surface area contributed by atoms with Gasteiger partial charge in [-0.25, -0.2) is 4.98 Å². The van der Waals surface area contributed by atoms with E-state index in [4.69, 9.17) is 11.6 Å². The molecule has 2 aromatic rings. The van der Waals surface area contributed by atoms with Gasteiger partial charge in [-0.15, -0.1) is 16.7 Å². The summed E-state index contributed by atoms with van der Waals surface area (Å²) in [6.07, 6.45) is 5.17. The molecule has 4 nitrogen and oxygen atoms in total. The fourth-order valence-electron chi connectivity index (χ4n) is 0.956. The van der Waals surface area contributed by atoms with Crippen molar-refractivity contribution in [3.8, 4) is 5.82 Å². The van der Waals surface area contributed by atoms with Gasteiger partial charge < -0.3 is 0 Å². The van der Waals surface area contributed by atoms with E-state index in [0.717, 1.165) is 11.5 Å². The maximum atomic E-state index is 5.58. The van der Waals surface area contributed by atoms with Crippen molar-refractivity contribution in [3.05, 3.63) is 36.5 Å². The molecule has 0 unspecified atom stereocenters. The van der Waals surface area contributed by atoms with Gasteiger partial charge in [0.2, 0.25) is 0 Å². The van der Waals surface area contributed by atoms with Gasteiger partial charge in [0.1, 0.15) is 6.33 Å². The van der Waals surface area contributed by atoms with Crippen LogP contribution in [0.25, 0.3) is 5.82 Å². The predicted molar refractivity (Wildman–Crippen MR) is 48.7 cm³/mol. The lowest BCUT2D eigenvalue weighted by Crippen LogP contribution is -1.97. The highest BCUT2D eigenvalue weighted by Gasteiger charge is 1.97. The molecule has 0 saturated carbocycles. The molecule has 0 aliphatic carbocycles. The monoisotopic (exact) mass is 194 g/mol. The first-order chi connectivity index (χ1) is 6.40. The Kier molecular flexibility index (Phi) is 2.23. The van der Waals surface area contributed by atoms with Crippen LogP contribution in [0.15, 0.2) is 30.9 Å². The highest BCUT2D eigenvalue weighted by atomic mass is 35.5. The molecule has 0 radical (unpaired) electrons. The van der Waals surface area contributed by atoms with Crippen molar-refractivity contribution < 1.29 is 0 Å². The largest absolute Gasteiger partial charge is 0.289 e. The van der Waals surface area contributed by atoms with Crippen LogP contribution in [-0.2, 0) is 5.88 Å². The van der Waals surface area contributed by atoms with Crippen LogP contribution in [0.1, 0.15) is 5.69 Å². The average Bonchev–Trinajstić information content (AvgIpc) is 2.71. The van der Waals surface area contributed by atoms with Crippen molar-refractivity contribution in [1.82, 2.24) is 19.7 Å². The van der Waals surface area contributed by atoms with Crippen LogP contribution in [-0.4, -0.2) is 19.7 Å². The molecule has 0 N–H and O–H groups in total. The van der Waals surface area contributed by atoms with Crippen LogP contribution in [0.3, 0.4) is 0 Å². The molecule has 0 atom stereocenters. The third-order valence-electron chi connectivity index (χ3n) is 1.61. The Morgan fingerprint density at radius 1 is 1.31 bits per heavy atom. The summed E-state index contributed by atoms with van der Waals surface area (Å²) in [6.45, 7) is 0. The average molecular weight is 195 g/mol. The van der Waals surface area contributed by atoms with E-state index in [-0.39, 0.29) is 0 Å². The Hall–Kier alpha value is -1.42. The van der Waals surface area contributed by atoms with Crippen LogP contribution < -0.4 is 0 Å². The Morgan fingerprint density at radius 3 is 2.77 bits per heavy atom. The van der Waals surface area contributed by atoms with E-state index >= 15 is 0 Å². The molecule has 2 rings (SSSR count). The Bertz CT molecular complexity index is 368. The first-order valence-corrected chi connectivity index (χ1v) is 4.30. The molecular weight excluding hydrogens is 188 g/mol. The lowest BCUT2D eigenvalue weighted by atomic mass is 10.4. The molecule has 0 saturated heterocycles. The SMILES string of the molecule is ClCc1ccc(-n2ccnc2)nn1. The highest BCUT2D eigenvalue weighted by Crippen LogP contribution is 2.03. The van der Waals surface area contributed by atoms with E-state index < -0.39 is 0 Å². The Labute approximate surface area is 80.2 Å². The molecule has 0 aliphatic rings. The third-order valence-corrected chi connectivity index (χ3v) is 1.89. The Morgan fingerprint density at radius 2 is 2.23 bits per heavy atom. The normalized spacial score (nSPS) is 10.2.